The van der Waals surface area contributed by atoms with Gasteiger partial charge in [0.25, 0.3) is 11.7 Å². The summed E-state index contributed by atoms with van der Waals surface area (Å²) in [6.45, 7) is 0.317. The number of hydrogen-bond acceptors (Lipinski definition) is 4. The summed E-state index contributed by atoms with van der Waals surface area (Å²) in [4.78, 5) is 23.0. The molecule has 0 aliphatic rings. The number of ether oxygens (including phenoxy) is 2. The molecule has 0 aliphatic heterocycles. The molecule has 21 heavy (non-hydrogen) atoms. The highest BCUT2D eigenvalue weighted by molar-refractivity contribution is 6.94. The molecule has 0 aromatic heterocycles. The van der Waals surface area contributed by atoms with Gasteiger partial charge in [-0.3, -0.25) is 9.59 Å². The summed E-state index contributed by atoms with van der Waals surface area (Å²) in [5, 5.41) is 0. The second-order valence-corrected chi connectivity index (χ2v) is 4.47. The Morgan fingerprint density at radius 2 is 1.10 bits per heavy atom. The molecule has 0 fully saturated rings. The molecule has 0 amide bonds. The molecule has 0 radical (unpaired) electrons. The fraction of sp³-hybridized carbons (Fsp3) is 0.125. The molecule has 5 heteroatoms. The number of carbonyl (C=O) groups excluding carboxylic acids is 2. The largest absolute Gasteiger partial charge is 0.468 e. The minimum atomic E-state index is -0.586. The molecule has 2 aromatic rings. The van der Waals surface area contributed by atoms with Gasteiger partial charge in [0.1, 0.15) is 13.2 Å². The Kier molecular flexibility index (Phi) is 5.58. The number of hydrogen-bond donors (Lipinski definition) is 0. The lowest BCUT2D eigenvalue weighted by molar-refractivity contribution is 0.158. The van der Waals surface area contributed by atoms with Crippen LogP contribution >= 0.6 is 0 Å². The Balaban J connectivity index is 1.69. The molecule has 0 aliphatic carbocycles. The van der Waals surface area contributed by atoms with Gasteiger partial charge in [0.05, 0.1) is 0 Å². The fourth-order valence-corrected chi connectivity index (χ4v) is 1.70. The molecular weight excluding hydrogens is 267 g/mol. The lowest BCUT2D eigenvalue weighted by Gasteiger charge is -2.05. The van der Waals surface area contributed by atoms with E-state index < -0.39 is 11.7 Å². The van der Waals surface area contributed by atoms with Crippen LogP contribution in [0.4, 0.5) is 9.59 Å². The molecule has 0 bridgehead atoms. The zero-order valence-electron chi connectivity index (χ0n) is 11.5. The van der Waals surface area contributed by atoms with Crippen molar-refractivity contribution in [3.8, 4) is 0 Å². The average Bonchev–Trinajstić information content (AvgIpc) is 2.53. The van der Waals surface area contributed by atoms with Crippen molar-refractivity contribution >= 4 is 19.0 Å². The van der Waals surface area contributed by atoms with Crippen LogP contribution in [0.25, 0.3) is 0 Å². The van der Waals surface area contributed by atoms with Gasteiger partial charge in [0.2, 0.25) is 0 Å². The third-order valence-electron chi connectivity index (χ3n) is 2.77. The third kappa shape index (κ3) is 5.52. The molecular formula is C16H15BO4. The lowest BCUT2D eigenvalue weighted by atomic mass is 9.79. The molecule has 4 nitrogen and oxygen atoms in total. The highest BCUT2D eigenvalue weighted by Crippen LogP contribution is 2.03. The van der Waals surface area contributed by atoms with Gasteiger partial charge in [0, 0.05) is 0 Å². The van der Waals surface area contributed by atoms with E-state index in [4.69, 9.17) is 9.47 Å². The van der Waals surface area contributed by atoms with Crippen molar-refractivity contribution in [2.75, 3.05) is 0 Å². The molecule has 0 N–H and O–H groups in total. The highest BCUT2D eigenvalue weighted by atomic mass is 16.5. The van der Waals surface area contributed by atoms with E-state index in [9.17, 15) is 9.59 Å². The van der Waals surface area contributed by atoms with Gasteiger partial charge in [0.15, 0.2) is 0 Å². The molecule has 0 saturated carbocycles. The SMILES string of the molecule is O=C(BC(=O)OCc1ccccc1)OCc1ccccc1. The van der Waals surface area contributed by atoms with Crippen molar-refractivity contribution in [1.82, 2.24) is 0 Å². The van der Waals surface area contributed by atoms with E-state index >= 15 is 0 Å². The van der Waals surface area contributed by atoms with Crippen molar-refractivity contribution in [3.63, 3.8) is 0 Å². The van der Waals surface area contributed by atoms with E-state index in [1.54, 1.807) is 0 Å². The normalized spacial score (nSPS) is 9.71. The maximum atomic E-state index is 11.5. The highest BCUT2D eigenvalue weighted by Gasteiger charge is 2.16. The van der Waals surface area contributed by atoms with Gasteiger partial charge in [-0.2, -0.15) is 0 Å². The minimum Gasteiger partial charge on any atom is -0.468 e. The Morgan fingerprint density at radius 1 is 0.714 bits per heavy atom. The molecule has 106 valence electrons. The van der Waals surface area contributed by atoms with Crippen LogP contribution in [0.1, 0.15) is 11.1 Å². The van der Waals surface area contributed by atoms with E-state index in [0.717, 1.165) is 11.1 Å². The quantitative estimate of drug-likeness (QED) is 0.764. The van der Waals surface area contributed by atoms with Gasteiger partial charge in [-0.25, -0.2) is 0 Å². The maximum Gasteiger partial charge on any atom is 0.392 e. The van der Waals surface area contributed by atoms with Crippen LogP contribution < -0.4 is 0 Å². The first-order chi connectivity index (χ1) is 10.2. The zero-order chi connectivity index (χ0) is 14.9. The number of carbonyl (C=O) groups is 2. The van der Waals surface area contributed by atoms with Gasteiger partial charge in [-0.1, -0.05) is 60.7 Å². The summed E-state index contributed by atoms with van der Waals surface area (Å²) >= 11 is 0. The second kappa shape index (κ2) is 7.90. The van der Waals surface area contributed by atoms with Crippen LogP contribution in [0.5, 0.6) is 0 Å². The summed E-state index contributed by atoms with van der Waals surface area (Å²) < 4.78 is 10.0. The maximum absolute atomic E-state index is 11.5. The summed E-state index contributed by atoms with van der Waals surface area (Å²) in [5.74, 6) is -1.17. The van der Waals surface area contributed by atoms with Crippen LogP contribution in [0.2, 0.25) is 0 Å². The van der Waals surface area contributed by atoms with Crippen molar-refractivity contribution in [1.29, 1.82) is 0 Å². The second-order valence-electron chi connectivity index (χ2n) is 4.47. The van der Waals surface area contributed by atoms with Crippen LogP contribution in [0.15, 0.2) is 60.7 Å². The van der Waals surface area contributed by atoms with E-state index in [1.807, 2.05) is 60.7 Å². The van der Waals surface area contributed by atoms with E-state index in [1.165, 1.54) is 0 Å². The standard InChI is InChI=1S/C16H15BO4/c18-15(20-11-13-7-3-1-4-8-13)17-16(19)21-12-14-9-5-2-6-10-14/h1-10,17H,11-12H2. The van der Waals surface area contributed by atoms with Crippen LogP contribution in [0, 0.1) is 0 Å². The van der Waals surface area contributed by atoms with Crippen molar-refractivity contribution in [2.24, 2.45) is 0 Å². The summed E-state index contributed by atoms with van der Waals surface area (Å²) in [7, 11) is -0.375. The first kappa shape index (κ1) is 14.8. The van der Waals surface area contributed by atoms with Crippen molar-refractivity contribution in [2.45, 2.75) is 13.2 Å². The Hall–Kier alpha value is -2.56. The smallest absolute Gasteiger partial charge is 0.392 e. The summed E-state index contributed by atoms with van der Waals surface area (Å²) in [6.07, 6.45) is 0. The Bertz CT molecular complexity index is 530. The molecule has 2 aromatic carbocycles. The number of benzene rings is 2. The lowest BCUT2D eigenvalue weighted by Crippen LogP contribution is -2.21. The molecule has 0 saturated heterocycles. The van der Waals surface area contributed by atoms with Crippen LogP contribution in [0.3, 0.4) is 0 Å². The van der Waals surface area contributed by atoms with E-state index in [-0.39, 0.29) is 20.5 Å². The average molecular weight is 282 g/mol. The van der Waals surface area contributed by atoms with Gasteiger partial charge < -0.3 is 9.47 Å². The van der Waals surface area contributed by atoms with Crippen molar-refractivity contribution < 1.29 is 19.1 Å². The van der Waals surface area contributed by atoms with E-state index in [0.29, 0.717) is 0 Å². The summed E-state index contributed by atoms with van der Waals surface area (Å²) in [6, 6.07) is 18.6. The monoisotopic (exact) mass is 282 g/mol. The molecule has 0 heterocycles. The van der Waals surface area contributed by atoms with Crippen LogP contribution in [-0.4, -0.2) is 19.0 Å². The molecule has 2 rings (SSSR count). The molecule has 0 spiro atoms. The van der Waals surface area contributed by atoms with Gasteiger partial charge in [-0.15, -0.1) is 0 Å². The van der Waals surface area contributed by atoms with Crippen molar-refractivity contribution in [3.05, 3.63) is 71.8 Å². The predicted molar refractivity (Wildman–Crippen MR) is 80.4 cm³/mol. The Labute approximate surface area is 123 Å². The topological polar surface area (TPSA) is 52.6 Å². The fourth-order valence-electron chi connectivity index (χ4n) is 1.70. The molecule has 0 unspecified atom stereocenters. The first-order valence-corrected chi connectivity index (χ1v) is 6.63. The first-order valence-electron chi connectivity index (χ1n) is 6.63. The predicted octanol–water partition coefficient (Wildman–Crippen LogP) is 3.10. The third-order valence-corrected chi connectivity index (χ3v) is 2.77. The number of rotatable bonds is 6. The zero-order valence-corrected chi connectivity index (χ0v) is 11.5. The molecule has 0 atom stereocenters. The van der Waals surface area contributed by atoms with Crippen LogP contribution in [-0.2, 0) is 22.7 Å². The van der Waals surface area contributed by atoms with Gasteiger partial charge in [-0.05, 0) is 11.1 Å². The van der Waals surface area contributed by atoms with E-state index in [2.05, 4.69) is 0 Å². The minimum absolute atomic E-state index is 0.158. The Morgan fingerprint density at radius 3 is 1.48 bits per heavy atom. The summed E-state index contributed by atoms with van der Waals surface area (Å²) in [5.41, 5.74) is 1.76. The van der Waals surface area contributed by atoms with Gasteiger partial charge >= 0.3 is 7.28 Å².